The number of carbonyl (C=O) groups is 3. The Balaban J connectivity index is 1.74. The van der Waals surface area contributed by atoms with E-state index in [2.05, 4.69) is 9.97 Å². The van der Waals surface area contributed by atoms with Crippen LogP contribution in [-0.4, -0.2) is 53.3 Å². The molecule has 1 aromatic heterocycles. The molecule has 12 nitrogen and oxygen atoms in total. The largest absolute Gasteiger partial charge is 0.478 e. The van der Waals surface area contributed by atoms with Crippen molar-refractivity contribution in [2.24, 2.45) is 0 Å². The lowest BCUT2D eigenvalue weighted by Gasteiger charge is -2.23. The van der Waals surface area contributed by atoms with Gasteiger partial charge in [-0.05, 0) is 36.4 Å². The van der Waals surface area contributed by atoms with E-state index in [-0.39, 0.29) is 16.7 Å². The molecule has 3 rings (SSSR count). The van der Waals surface area contributed by atoms with Crippen LogP contribution in [0.15, 0.2) is 60.9 Å². The molecule has 0 radical (unpaired) electrons. The number of nitrogens with zero attached hydrogens (tertiary/aromatic N) is 2. The molecule has 0 bridgehead atoms. The van der Waals surface area contributed by atoms with Crippen LogP contribution in [0.4, 0.5) is 4.39 Å². The maximum Gasteiger partial charge on any atom is 0.335 e. The number of aromatic carboxylic acids is 1. The summed E-state index contributed by atoms with van der Waals surface area (Å²) in [5.41, 5.74) is -1.61. The van der Waals surface area contributed by atoms with E-state index in [4.69, 9.17) is 5.11 Å². The predicted octanol–water partition coefficient (Wildman–Crippen LogP) is -0.636. The van der Waals surface area contributed by atoms with E-state index in [1.165, 1.54) is 0 Å². The van der Waals surface area contributed by atoms with E-state index in [9.17, 15) is 39.2 Å². The zero-order valence-corrected chi connectivity index (χ0v) is 17.0. The van der Waals surface area contributed by atoms with Gasteiger partial charge in [-0.2, -0.15) is 0 Å². The van der Waals surface area contributed by atoms with Gasteiger partial charge in [-0.1, -0.05) is 12.1 Å². The molecule has 176 valence electrons. The van der Waals surface area contributed by atoms with E-state index in [0.29, 0.717) is 0 Å². The molecule has 2 amide bonds. The zero-order chi connectivity index (χ0) is 25.1. The molecule has 0 saturated heterocycles. The first-order valence-corrected chi connectivity index (χ1v) is 9.35. The van der Waals surface area contributed by atoms with Crippen LogP contribution < -0.4 is 10.6 Å². The molecule has 1 heterocycles. The molecule has 2 aromatic carbocycles. The molecule has 0 aliphatic carbocycles. The Morgan fingerprint density at radius 1 is 0.735 bits per heavy atom. The van der Waals surface area contributed by atoms with Crippen molar-refractivity contribution in [1.82, 2.24) is 20.6 Å². The summed E-state index contributed by atoms with van der Waals surface area (Å²) in [4.78, 5) is 43.0. The number of halogens is 1. The second-order valence-corrected chi connectivity index (χ2v) is 6.93. The third kappa shape index (κ3) is 5.54. The molecule has 0 aliphatic heterocycles. The Labute approximate surface area is 190 Å². The summed E-state index contributed by atoms with van der Waals surface area (Å²) < 4.78 is 13.0. The van der Waals surface area contributed by atoms with Crippen LogP contribution in [0.1, 0.15) is 42.5 Å². The molecule has 13 heteroatoms. The molecule has 0 fully saturated rings. The van der Waals surface area contributed by atoms with E-state index >= 15 is 0 Å². The highest BCUT2D eigenvalue weighted by Gasteiger charge is 2.31. The predicted molar refractivity (Wildman–Crippen MR) is 109 cm³/mol. The van der Waals surface area contributed by atoms with E-state index in [1.54, 1.807) is 0 Å². The van der Waals surface area contributed by atoms with E-state index in [0.717, 1.165) is 60.9 Å². The average Bonchev–Trinajstić information content (AvgIpc) is 2.79. The molecule has 3 aromatic rings. The highest BCUT2D eigenvalue weighted by atomic mass is 19.1. The second kappa shape index (κ2) is 9.29. The Kier molecular flexibility index (Phi) is 6.65. The van der Waals surface area contributed by atoms with Crippen molar-refractivity contribution < 1.29 is 44.3 Å². The molecule has 0 spiro atoms. The fraction of sp³-hybridized carbons (Fsp3) is 0.0952. The summed E-state index contributed by atoms with van der Waals surface area (Å²) >= 11 is 0. The first kappa shape index (κ1) is 24.3. The van der Waals surface area contributed by atoms with Crippen LogP contribution in [0.2, 0.25) is 0 Å². The molecule has 34 heavy (non-hydrogen) atoms. The Hall–Kier alpha value is -4.30. The van der Waals surface area contributed by atoms with Gasteiger partial charge in [0.2, 0.25) is 0 Å². The summed E-state index contributed by atoms with van der Waals surface area (Å²) in [6.07, 6.45) is 0.802. The van der Waals surface area contributed by atoms with Crippen LogP contribution in [0.3, 0.4) is 0 Å². The van der Waals surface area contributed by atoms with Gasteiger partial charge in [0.05, 0.1) is 5.56 Å². The minimum atomic E-state index is -2.92. The minimum absolute atomic E-state index is 0.123. The van der Waals surface area contributed by atoms with Crippen LogP contribution >= 0.6 is 0 Å². The molecule has 0 saturated carbocycles. The number of hydrogen-bond acceptors (Lipinski definition) is 9. The number of aliphatic hydroxyl groups is 4. The normalized spacial score (nSPS) is 11.6. The molecular weight excluding hydrogens is 455 g/mol. The van der Waals surface area contributed by atoms with Gasteiger partial charge in [-0.15, -0.1) is 0 Å². The number of aromatic nitrogens is 2. The van der Waals surface area contributed by atoms with Crippen LogP contribution in [0, 0.1) is 5.82 Å². The van der Waals surface area contributed by atoms with Gasteiger partial charge in [-0.3, -0.25) is 20.2 Å². The van der Waals surface area contributed by atoms with Crippen molar-refractivity contribution in [2.75, 3.05) is 0 Å². The third-order valence-electron chi connectivity index (χ3n) is 4.49. The highest BCUT2D eigenvalue weighted by molar-refractivity contribution is 5.97. The topological polar surface area (TPSA) is 202 Å². The molecule has 7 N–H and O–H groups in total. The number of benzene rings is 2. The standard InChI is InChI=1S/C21H17FN4O8/c22-14-7-5-13(6-8-14)21(33,34)26-18(28)16-9-15(23-10-24-16)17(27)25-20(31,32)12-3-1-11(2-4-12)19(29)30/h1-10,31-34H,(H,25,27)(H,26,28)(H,29,30). The second-order valence-electron chi connectivity index (χ2n) is 6.93. The van der Waals surface area contributed by atoms with Crippen molar-refractivity contribution in [3.8, 4) is 0 Å². The van der Waals surface area contributed by atoms with Crippen molar-refractivity contribution in [3.63, 3.8) is 0 Å². The lowest BCUT2D eigenvalue weighted by Crippen LogP contribution is -2.47. The quantitative estimate of drug-likeness (QED) is 0.217. The van der Waals surface area contributed by atoms with E-state index in [1.807, 2.05) is 10.6 Å². The number of rotatable bonds is 7. The first-order valence-electron chi connectivity index (χ1n) is 9.35. The van der Waals surface area contributed by atoms with Crippen LogP contribution in [0.5, 0.6) is 0 Å². The lowest BCUT2D eigenvalue weighted by molar-refractivity contribution is -0.186. The Bertz CT molecular complexity index is 1230. The van der Waals surface area contributed by atoms with Gasteiger partial charge in [0.1, 0.15) is 23.5 Å². The van der Waals surface area contributed by atoms with Crippen LogP contribution in [-0.2, 0) is 11.8 Å². The molecule has 0 unspecified atom stereocenters. The summed E-state index contributed by atoms with van der Waals surface area (Å²) in [7, 11) is 0. The highest BCUT2D eigenvalue weighted by Crippen LogP contribution is 2.18. The number of hydrogen-bond donors (Lipinski definition) is 7. The molecule has 0 atom stereocenters. The van der Waals surface area contributed by atoms with Crippen molar-refractivity contribution in [3.05, 3.63) is 94.8 Å². The third-order valence-corrected chi connectivity index (χ3v) is 4.49. The average molecular weight is 472 g/mol. The number of nitrogens with one attached hydrogen (secondary N) is 2. The van der Waals surface area contributed by atoms with Crippen LogP contribution in [0.25, 0.3) is 0 Å². The molecular formula is C21H17FN4O8. The van der Waals surface area contributed by atoms with Gasteiger partial charge in [0.25, 0.3) is 23.6 Å². The zero-order valence-electron chi connectivity index (χ0n) is 17.0. The Morgan fingerprint density at radius 2 is 1.15 bits per heavy atom. The number of carbonyl (C=O) groups excluding carboxylic acids is 2. The van der Waals surface area contributed by atoms with Gasteiger partial charge in [0.15, 0.2) is 0 Å². The summed E-state index contributed by atoms with van der Waals surface area (Å²) in [5, 5.41) is 53.2. The van der Waals surface area contributed by atoms with Crippen molar-refractivity contribution >= 4 is 17.8 Å². The smallest absolute Gasteiger partial charge is 0.335 e. The van der Waals surface area contributed by atoms with Crippen molar-refractivity contribution in [1.29, 1.82) is 0 Å². The lowest BCUT2D eigenvalue weighted by atomic mass is 10.1. The number of carboxylic acids is 1. The monoisotopic (exact) mass is 472 g/mol. The maximum atomic E-state index is 13.0. The van der Waals surface area contributed by atoms with E-state index < -0.39 is 46.8 Å². The van der Waals surface area contributed by atoms with Gasteiger partial charge in [0, 0.05) is 17.2 Å². The molecule has 0 aliphatic rings. The first-order chi connectivity index (χ1) is 15.9. The maximum absolute atomic E-state index is 13.0. The minimum Gasteiger partial charge on any atom is -0.478 e. The number of carboxylic acid groups (broad SMARTS) is 1. The summed E-state index contributed by atoms with van der Waals surface area (Å²) in [5.74, 6) is -9.99. The van der Waals surface area contributed by atoms with Crippen molar-refractivity contribution in [2.45, 2.75) is 11.8 Å². The Morgan fingerprint density at radius 3 is 1.56 bits per heavy atom. The SMILES string of the molecule is O=C(O)c1ccc(C(O)(O)NC(=O)c2cc(C(=O)NC(O)(O)c3ccc(F)cc3)ncn2)cc1. The van der Waals surface area contributed by atoms with Gasteiger partial charge < -0.3 is 25.5 Å². The number of amides is 2. The summed E-state index contributed by atoms with van der Waals surface area (Å²) in [6, 6.07) is 9.11. The summed E-state index contributed by atoms with van der Waals surface area (Å²) in [6.45, 7) is 0. The van der Waals surface area contributed by atoms with Gasteiger partial charge in [-0.25, -0.2) is 19.2 Å². The fourth-order valence-corrected chi connectivity index (χ4v) is 2.72. The van der Waals surface area contributed by atoms with Gasteiger partial charge >= 0.3 is 5.97 Å². The fourth-order valence-electron chi connectivity index (χ4n) is 2.72.